The highest BCUT2D eigenvalue weighted by molar-refractivity contribution is 5.75. The maximum Gasteiger partial charge on any atom is 0.407 e. The second-order valence-corrected chi connectivity index (χ2v) is 10.2. The normalized spacial score (nSPS) is 11.7. The molecule has 0 radical (unpaired) electrons. The van der Waals surface area contributed by atoms with E-state index in [4.69, 9.17) is 14.2 Å². The molecule has 0 aliphatic heterocycles. The van der Waals surface area contributed by atoms with Crippen molar-refractivity contribution in [3.05, 3.63) is 95.6 Å². The minimum atomic E-state index is -0.604. The summed E-state index contributed by atoms with van der Waals surface area (Å²) in [7, 11) is 1.59. The van der Waals surface area contributed by atoms with Crippen molar-refractivity contribution in [2.45, 2.75) is 52.5 Å². The van der Waals surface area contributed by atoms with Gasteiger partial charge in [0, 0.05) is 19.6 Å². The van der Waals surface area contributed by atoms with Crippen LogP contribution in [0.4, 0.5) is 9.59 Å². The lowest BCUT2D eigenvalue weighted by Gasteiger charge is -2.26. The predicted octanol–water partition coefficient (Wildman–Crippen LogP) is 6.07. The molecular formula is C31H39N3O5. The molecule has 208 valence electrons. The molecule has 0 fully saturated rings. The molecule has 3 amide bonds. The number of carbonyl (C=O) groups is 2. The SMILES string of the molecule is COc1cc(CN(CCNC(=O)OC(C)(C)C)C(=O)N[C@@H](C)c2ccccc2)ccc1OCc1ccccc1. The summed E-state index contributed by atoms with van der Waals surface area (Å²) in [6.45, 7) is 8.58. The molecule has 0 saturated heterocycles. The number of ether oxygens (including phenoxy) is 3. The van der Waals surface area contributed by atoms with E-state index >= 15 is 0 Å². The van der Waals surface area contributed by atoms with Gasteiger partial charge in [0.2, 0.25) is 0 Å². The van der Waals surface area contributed by atoms with Crippen LogP contribution >= 0.6 is 0 Å². The number of hydrogen-bond donors (Lipinski definition) is 2. The summed E-state index contributed by atoms with van der Waals surface area (Å²) in [5.74, 6) is 1.19. The van der Waals surface area contributed by atoms with Crippen molar-refractivity contribution in [2.75, 3.05) is 20.2 Å². The predicted molar refractivity (Wildman–Crippen MR) is 152 cm³/mol. The quantitative estimate of drug-likeness (QED) is 0.312. The fraction of sp³-hybridized carbons (Fsp3) is 0.355. The van der Waals surface area contributed by atoms with Crippen LogP contribution < -0.4 is 20.1 Å². The molecular weight excluding hydrogens is 494 g/mol. The van der Waals surface area contributed by atoms with Gasteiger partial charge in [0.05, 0.1) is 13.2 Å². The van der Waals surface area contributed by atoms with Crippen molar-refractivity contribution >= 4 is 12.1 Å². The average molecular weight is 534 g/mol. The van der Waals surface area contributed by atoms with Gasteiger partial charge in [-0.1, -0.05) is 66.7 Å². The Morgan fingerprint density at radius 2 is 1.56 bits per heavy atom. The first-order valence-electron chi connectivity index (χ1n) is 13.1. The lowest BCUT2D eigenvalue weighted by atomic mass is 10.1. The lowest BCUT2D eigenvalue weighted by Crippen LogP contribution is -2.44. The van der Waals surface area contributed by atoms with Gasteiger partial charge in [-0.3, -0.25) is 0 Å². The van der Waals surface area contributed by atoms with Crippen molar-refractivity contribution in [3.63, 3.8) is 0 Å². The van der Waals surface area contributed by atoms with E-state index in [0.29, 0.717) is 24.7 Å². The maximum atomic E-state index is 13.3. The van der Waals surface area contributed by atoms with Crippen molar-refractivity contribution in [1.82, 2.24) is 15.5 Å². The number of carbonyl (C=O) groups excluding carboxylic acids is 2. The van der Waals surface area contributed by atoms with Crippen LogP contribution in [0.5, 0.6) is 11.5 Å². The largest absolute Gasteiger partial charge is 0.493 e. The van der Waals surface area contributed by atoms with Crippen LogP contribution in [0.15, 0.2) is 78.9 Å². The fourth-order valence-corrected chi connectivity index (χ4v) is 3.85. The Labute approximate surface area is 231 Å². The Balaban J connectivity index is 1.70. The van der Waals surface area contributed by atoms with Crippen molar-refractivity contribution in [3.8, 4) is 11.5 Å². The smallest absolute Gasteiger partial charge is 0.407 e. The monoisotopic (exact) mass is 533 g/mol. The summed E-state index contributed by atoms with van der Waals surface area (Å²) < 4.78 is 16.9. The maximum absolute atomic E-state index is 13.3. The van der Waals surface area contributed by atoms with Gasteiger partial charge in [-0.2, -0.15) is 0 Å². The topological polar surface area (TPSA) is 89.1 Å². The second kappa shape index (κ2) is 14.1. The van der Waals surface area contributed by atoms with E-state index in [0.717, 1.165) is 16.7 Å². The van der Waals surface area contributed by atoms with E-state index in [2.05, 4.69) is 10.6 Å². The molecule has 8 heteroatoms. The van der Waals surface area contributed by atoms with Gasteiger partial charge >= 0.3 is 12.1 Å². The number of alkyl carbamates (subject to hydrolysis) is 1. The Hall–Kier alpha value is -4.20. The van der Waals surface area contributed by atoms with Crippen LogP contribution in [-0.2, 0) is 17.9 Å². The molecule has 0 saturated carbocycles. The summed E-state index contributed by atoms with van der Waals surface area (Å²) in [4.78, 5) is 27.1. The third kappa shape index (κ3) is 9.89. The van der Waals surface area contributed by atoms with Gasteiger partial charge in [-0.25, -0.2) is 9.59 Å². The summed E-state index contributed by atoms with van der Waals surface area (Å²) in [5.41, 5.74) is 2.31. The van der Waals surface area contributed by atoms with Crippen LogP contribution in [-0.4, -0.2) is 42.8 Å². The zero-order valence-corrected chi connectivity index (χ0v) is 23.4. The van der Waals surface area contributed by atoms with Gasteiger partial charge in [-0.05, 0) is 56.5 Å². The number of hydrogen-bond acceptors (Lipinski definition) is 5. The molecule has 8 nitrogen and oxygen atoms in total. The molecule has 39 heavy (non-hydrogen) atoms. The Morgan fingerprint density at radius 3 is 2.21 bits per heavy atom. The van der Waals surface area contributed by atoms with Crippen LogP contribution in [0, 0.1) is 0 Å². The number of nitrogens with zero attached hydrogens (tertiary/aromatic N) is 1. The molecule has 2 N–H and O–H groups in total. The first kappa shape index (κ1) is 29.4. The van der Waals surface area contributed by atoms with E-state index < -0.39 is 11.7 Å². The van der Waals surface area contributed by atoms with Crippen LogP contribution in [0.1, 0.15) is 50.4 Å². The molecule has 3 rings (SSSR count). The number of amides is 3. The molecule has 0 aliphatic rings. The highest BCUT2D eigenvalue weighted by Gasteiger charge is 2.20. The summed E-state index contributed by atoms with van der Waals surface area (Å²) >= 11 is 0. The van der Waals surface area contributed by atoms with Gasteiger partial charge < -0.3 is 29.7 Å². The van der Waals surface area contributed by atoms with Crippen LogP contribution in [0.3, 0.4) is 0 Å². The molecule has 0 heterocycles. The Morgan fingerprint density at radius 1 is 0.897 bits per heavy atom. The Bertz CT molecular complexity index is 1200. The molecule has 0 aromatic heterocycles. The average Bonchev–Trinajstić information content (AvgIpc) is 2.91. The highest BCUT2D eigenvalue weighted by atomic mass is 16.6. The van der Waals surface area contributed by atoms with Crippen LogP contribution in [0.2, 0.25) is 0 Å². The number of urea groups is 1. The van der Waals surface area contributed by atoms with Crippen molar-refractivity contribution < 1.29 is 23.8 Å². The zero-order valence-electron chi connectivity index (χ0n) is 23.4. The van der Waals surface area contributed by atoms with Crippen molar-refractivity contribution in [1.29, 1.82) is 0 Å². The second-order valence-electron chi connectivity index (χ2n) is 10.2. The summed E-state index contributed by atoms with van der Waals surface area (Å²) in [6.07, 6.45) is -0.526. The molecule has 3 aromatic carbocycles. The van der Waals surface area contributed by atoms with Gasteiger partial charge in [0.1, 0.15) is 12.2 Å². The minimum Gasteiger partial charge on any atom is -0.493 e. The fourth-order valence-electron chi connectivity index (χ4n) is 3.85. The van der Waals surface area contributed by atoms with Gasteiger partial charge in [0.15, 0.2) is 11.5 Å². The molecule has 0 unspecified atom stereocenters. The minimum absolute atomic E-state index is 0.191. The van der Waals surface area contributed by atoms with E-state index in [-0.39, 0.29) is 25.2 Å². The molecule has 0 bridgehead atoms. The molecule has 0 aliphatic carbocycles. The van der Waals surface area contributed by atoms with Gasteiger partial charge in [0.25, 0.3) is 0 Å². The molecule has 3 aromatic rings. The third-order valence-corrected chi connectivity index (χ3v) is 5.82. The van der Waals surface area contributed by atoms with E-state index in [1.165, 1.54) is 0 Å². The van der Waals surface area contributed by atoms with Gasteiger partial charge in [-0.15, -0.1) is 0 Å². The number of benzene rings is 3. The third-order valence-electron chi connectivity index (χ3n) is 5.82. The van der Waals surface area contributed by atoms with E-state index in [9.17, 15) is 9.59 Å². The number of nitrogens with one attached hydrogen (secondary N) is 2. The molecule has 0 spiro atoms. The summed E-state index contributed by atoms with van der Waals surface area (Å²) in [5, 5.41) is 5.79. The highest BCUT2D eigenvalue weighted by Crippen LogP contribution is 2.29. The molecule has 1 atom stereocenters. The first-order valence-corrected chi connectivity index (χ1v) is 13.1. The van der Waals surface area contributed by atoms with E-state index in [1.807, 2.05) is 85.8 Å². The Kier molecular flexibility index (Phi) is 10.6. The lowest BCUT2D eigenvalue weighted by molar-refractivity contribution is 0.0523. The first-order chi connectivity index (χ1) is 18.6. The summed E-state index contributed by atoms with van der Waals surface area (Å²) in [6, 6.07) is 24.8. The number of rotatable bonds is 11. The van der Waals surface area contributed by atoms with E-state index in [1.54, 1.807) is 32.8 Å². The zero-order chi connectivity index (χ0) is 28.3. The standard InChI is InChI=1S/C31H39N3O5/c1-23(26-14-10-7-11-15-26)33-29(35)34(19-18-32-30(36)39-31(2,3)4)21-25-16-17-27(28(20-25)37-5)38-22-24-12-8-6-9-13-24/h6-17,20,23H,18-19,21-22H2,1-5H3,(H,32,36)(H,33,35)/t23-/m0/s1. The van der Waals surface area contributed by atoms with Crippen LogP contribution in [0.25, 0.3) is 0 Å². The number of methoxy groups -OCH3 is 1. The van der Waals surface area contributed by atoms with Crippen molar-refractivity contribution in [2.24, 2.45) is 0 Å².